The summed E-state index contributed by atoms with van der Waals surface area (Å²) in [6.45, 7) is 3.96. The number of hydrogen-bond donors (Lipinski definition) is 2. The van der Waals surface area contributed by atoms with Crippen LogP contribution in [0.15, 0.2) is 18.2 Å². The zero-order chi connectivity index (χ0) is 23.3. The third-order valence-electron chi connectivity index (χ3n) is 5.62. The number of nitrogens with zero attached hydrogens (tertiary/aromatic N) is 3. The van der Waals surface area contributed by atoms with Gasteiger partial charge in [-0.05, 0) is 24.6 Å². The number of anilines is 2. The topological polar surface area (TPSA) is 94.6 Å². The molecule has 9 nitrogen and oxygen atoms in total. The Bertz CT molecular complexity index is 845. The number of benzene rings is 1. The fourth-order valence-electron chi connectivity index (χ4n) is 3.74. The Labute approximate surface area is 192 Å². The van der Waals surface area contributed by atoms with Crippen molar-refractivity contribution in [2.75, 3.05) is 62.8 Å². The highest BCUT2D eigenvalue weighted by Gasteiger charge is 2.33. The van der Waals surface area contributed by atoms with Gasteiger partial charge in [0.2, 0.25) is 0 Å². The molecule has 0 saturated carbocycles. The second-order valence-corrected chi connectivity index (χ2v) is 8.12. The van der Waals surface area contributed by atoms with E-state index in [1.807, 2.05) is 11.8 Å². The molecule has 0 unspecified atom stereocenters. The molecule has 3 rings (SSSR count). The lowest BCUT2D eigenvalue weighted by atomic mass is 10.2. The molecule has 2 fully saturated rings. The Morgan fingerprint density at radius 1 is 1.38 bits per heavy atom. The van der Waals surface area contributed by atoms with Gasteiger partial charge in [-0.2, -0.15) is 0 Å². The number of carbonyl (C=O) groups excluding carboxylic acids is 2. The van der Waals surface area contributed by atoms with Gasteiger partial charge in [-0.15, -0.1) is 0 Å². The molecular formula is C21H29FN4O5S. The monoisotopic (exact) mass is 468 g/mol. The van der Waals surface area contributed by atoms with Crippen molar-refractivity contribution >= 4 is 40.6 Å². The van der Waals surface area contributed by atoms with Crippen LogP contribution in [0.5, 0.6) is 0 Å². The third kappa shape index (κ3) is 5.45. The van der Waals surface area contributed by atoms with E-state index in [1.54, 1.807) is 17.0 Å². The summed E-state index contributed by atoms with van der Waals surface area (Å²) in [6.07, 6.45) is -1.05. The van der Waals surface area contributed by atoms with Crippen LogP contribution in [0.3, 0.4) is 0 Å². The average molecular weight is 469 g/mol. The molecule has 0 aromatic heterocycles. The van der Waals surface area contributed by atoms with Gasteiger partial charge < -0.3 is 29.7 Å². The summed E-state index contributed by atoms with van der Waals surface area (Å²) in [6, 6.07) is 4.66. The molecule has 11 heteroatoms. The van der Waals surface area contributed by atoms with Crippen LogP contribution in [0.25, 0.3) is 0 Å². The molecule has 2 atom stereocenters. The summed E-state index contributed by atoms with van der Waals surface area (Å²) in [7, 11) is 1.38. The van der Waals surface area contributed by atoms with E-state index in [1.165, 1.54) is 18.1 Å². The molecule has 0 radical (unpaired) electrons. The first kappa shape index (κ1) is 24.1. The lowest BCUT2D eigenvalue weighted by Crippen LogP contribution is -2.52. The van der Waals surface area contributed by atoms with Gasteiger partial charge in [-0.25, -0.2) is 9.18 Å². The van der Waals surface area contributed by atoms with Crippen molar-refractivity contribution in [3.8, 4) is 0 Å². The van der Waals surface area contributed by atoms with Crippen LogP contribution in [-0.2, 0) is 14.3 Å². The summed E-state index contributed by atoms with van der Waals surface area (Å²) >= 11 is 5.12. The smallest absolute Gasteiger partial charge is 0.414 e. The SMILES string of the molecule is CCC(=S)NC[C@H]1CN(c2ccc(N3CCN(C(=O)[C@H](CO)OC)CC3)c(F)c2)C(=O)O1. The number of hydrogen-bond acceptors (Lipinski definition) is 7. The third-order valence-corrected chi connectivity index (χ3v) is 6.06. The normalized spacial score (nSPS) is 19.7. The molecule has 0 bridgehead atoms. The van der Waals surface area contributed by atoms with Crippen LogP contribution in [0.2, 0.25) is 0 Å². The van der Waals surface area contributed by atoms with Crippen LogP contribution in [0, 0.1) is 5.82 Å². The fraction of sp³-hybridized carbons (Fsp3) is 0.571. The molecule has 2 N–H and O–H groups in total. The minimum atomic E-state index is -0.880. The number of ether oxygens (including phenoxy) is 2. The number of carbonyl (C=O) groups is 2. The van der Waals surface area contributed by atoms with Crippen molar-refractivity contribution in [2.24, 2.45) is 0 Å². The van der Waals surface area contributed by atoms with Crippen molar-refractivity contribution in [3.63, 3.8) is 0 Å². The van der Waals surface area contributed by atoms with Gasteiger partial charge in [0, 0.05) is 33.3 Å². The molecular weight excluding hydrogens is 439 g/mol. The summed E-state index contributed by atoms with van der Waals surface area (Å²) in [5, 5.41) is 12.3. The second kappa shape index (κ2) is 10.9. The Morgan fingerprint density at radius 2 is 2.09 bits per heavy atom. The van der Waals surface area contributed by atoms with Crippen LogP contribution >= 0.6 is 12.2 Å². The van der Waals surface area contributed by atoms with Gasteiger partial charge in [-0.1, -0.05) is 19.1 Å². The molecule has 0 aliphatic carbocycles. The highest BCUT2D eigenvalue weighted by atomic mass is 32.1. The Kier molecular flexibility index (Phi) is 8.21. The quantitative estimate of drug-likeness (QED) is 0.549. The molecule has 176 valence electrons. The van der Waals surface area contributed by atoms with Gasteiger partial charge in [0.25, 0.3) is 5.91 Å². The first-order chi connectivity index (χ1) is 15.4. The highest BCUT2D eigenvalue weighted by molar-refractivity contribution is 7.80. The molecule has 32 heavy (non-hydrogen) atoms. The van der Waals surface area contributed by atoms with Crippen molar-refractivity contribution < 1.29 is 28.6 Å². The van der Waals surface area contributed by atoms with E-state index >= 15 is 0 Å². The van der Waals surface area contributed by atoms with E-state index in [4.69, 9.17) is 21.7 Å². The number of halogens is 1. The number of amides is 2. The second-order valence-electron chi connectivity index (χ2n) is 7.63. The Morgan fingerprint density at radius 3 is 2.69 bits per heavy atom. The Hall–Kier alpha value is -2.50. The molecule has 2 saturated heterocycles. The van der Waals surface area contributed by atoms with Crippen molar-refractivity contribution in [1.82, 2.24) is 10.2 Å². The molecule has 2 heterocycles. The fourth-order valence-corrected chi connectivity index (χ4v) is 3.82. The first-order valence-electron chi connectivity index (χ1n) is 10.6. The van der Waals surface area contributed by atoms with E-state index in [9.17, 15) is 19.1 Å². The number of thiocarbonyl (C=S) groups is 1. The number of piperazine rings is 1. The summed E-state index contributed by atoms with van der Waals surface area (Å²) < 4.78 is 25.3. The number of aliphatic hydroxyl groups is 1. The zero-order valence-electron chi connectivity index (χ0n) is 18.3. The first-order valence-corrected chi connectivity index (χ1v) is 11.0. The number of methoxy groups -OCH3 is 1. The molecule has 2 aliphatic heterocycles. The van der Waals surface area contributed by atoms with Crippen LogP contribution in [0.4, 0.5) is 20.6 Å². The van der Waals surface area contributed by atoms with Crippen LogP contribution in [-0.4, -0.2) is 92.2 Å². The molecule has 2 aliphatic rings. The van der Waals surface area contributed by atoms with Crippen LogP contribution < -0.4 is 15.1 Å². The predicted molar refractivity (Wildman–Crippen MR) is 122 cm³/mol. The minimum absolute atomic E-state index is 0.276. The number of aliphatic hydroxyl groups excluding tert-OH is 1. The summed E-state index contributed by atoms with van der Waals surface area (Å²) in [4.78, 5) is 30.1. The number of rotatable bonds is 8. The van der Waals surface area contributed by atoms with Gasteiger partial charge in [0.05, 0.1) is 36.1 Å². The van der Waals surface area contributed by atoms with Gasteiger partial charge in [-0.3, -0.25) is 9.69 Å². The summed E-state index contributed by atoms with van der Waals surface area (Å²) in [5.41, 5.74) is 0.835. The predicted octanol–water partition coefficient (Wildman–Crippen LogP) is 1.13. The van der Waals surface area contributed by atoms with Gasteiger partial charge in [0.1, 0.15) is 11.9 Å². The summed E-state index contributed by atoms with van der Waals surface area (Å²) in [5.74, 6) is -0.726. The molecule has 1 aromatic rings. The maximum Gasteiger partial charge on any atom is 0.414 e. The zero-order valence-corrected chi connectivity index (χ0v) is 19.1. The molecule has 1 aromatic carbocycles. The van der Waals surface area contributed by atoms with Crippen molar-refractivity contribution in [3.05, 3.63) is 24.0 Å². The van der Waals surface area contributed by atoms with E-state index < -0.39 is 18.0 Å². The molecule has 2 amide bonds. The lowest BCUT2D eigenvalue weighted by molar-refractivity contribution is -0.144. The Balaban J connectivity index is 1.59. The maximum atomic E-state index is 14.9. The minimum Gasteiger partial charge on any atom is -0.442 e. The van der Waals surface area contributed by atoms with Gasteiger partial charge >= 0.3 is 6.09 Å². The highest BCUT2D eigenvalue weighted by Crippen LogP contribution is 2.28. The van der Waals surface area contributed by atoms with Gasteiger partial charge in [0.15, 0.2) is 6.10 Å². The van der Waals surface area contributed by atoms with E-state index in [0.717, 1.165) is 0 Å². The average Bonchev–Trinajstić information content (AvgIpc) is 3.18. The standard InChI is InChI=1S/C21H29FN4O5S/c1-3-19(32)23-11-15-12-26(21(29)31-15)14-4-5-17(16(22)10-14)24-6-8-25(9-7-24)20(28)18(13-27)30-2/h4-5,10,15,18,27H,3,6-9,11-13H2,1-2H3,(H,23,32)/t15-,18-/m0/s1. The van der Waals surface area contributed by atoms with Crippen LogP contribution in [0.1, 0.15) is 13.3 Å². The largest absolute Gasteiger partial charge is 0.442 e. The van der Waals surface area contributed by atoms with Crippen molar-refractivity contribution in [2.45, 2.75) is 25.6 Å². The van der Waals surface area contributed by atoms with E-state index in [2.05, 4.69) is 5.32 Å². The number of nitrogens with one attached hydrogen (secondary N) is 1. The van der Waals surface area contributed by atoms with E-state index in [0.29, 0.717) is 62.1 Å². The van der Waals surface area contributed by atoms with Crippen molar-refractivity contribution in [1.29, 1.82) is 0 Å². The lowest BCUT2D eigenvalue weighted by Gasteiger charge is -2.37. The number of cyclic esters (lactones) is 1. The maximum absolute atomic E-state index is 14.9. The molecule has 0 spiro atoms. The van der Waals surface area contributed by atoms with E-state index in [-0.39, 0.29) is 18.6 Å².